The van der Waals surface area contributed by atoms with E-state index in [1.54, 1.807) is 30.5 Å². The van der Waals surface area contributed by atoms with Crippen molar-refractivity contribution < 1.29 is 12.8 Å². The van der Waals surface area contributed by atoms with Gasteiger partial charge in [-0.2, -0.15) is 0 Å². The van der Waals surface area contributed by atoms with Crippen molar-refractivity contribution >= 4 is 32.7 Å². The molecule has 3 heterocycles. The molecule has 1 aliphatic heterocycles. The van der Waals surface area contributed by atoms with E-state index in [1.165, 1.54) is 12.1 Å². The molecule has 0 radical (unpaired) electrons. The molecule has 0 amide bonds. The van der Waals surface area contributed by atoms with Gasteiger partial charge >= 0.3 is 0 Å². The second kappa shape index (κ2) is 8.33. The van der Waals surface area contributed by atoms with Crippen molar-refractivity contribution in [2.24, 2.45) is 0 Å². The zero-order chi connectivity index (χ0) is 21.3. The summed E-state index contributed by atoms with van der Waals surface area (Å²) in [5.41, 5.74) is 1.42. The number of nitrogens with zero attached hydrogens (tertiary/aromatic N) is 2. The van der Waals surface area contributed by atoms with Crippen molar-refractivity contribution in [3.63, 3.8) is 0 Å². The first-order chi connectivity index (χ1) is 14.3. The number of nitrogens with one attached hydrogen (secondary N) is 2. The molecule has 0 unspecified atom stereocenters. The van der Waals surface area contributed by atoms with Gasteiger partial charge in [0.1, 0.15) is 10.0 Å². The first kappa shape index (κ1) is 20.8. The average Bonchev–Trinajstić information content (AvgIpc) is 3.21. The molecule has 0 saturated carbocycles. The zero-order valence-corrected chi connectivity index (χ0v) is 18.3. The van der Waals surface area contributed by atoms with E-state index in [0.717, 1.165) is 35.0 Å². The highest BCUT2D eigenvalue weighted by molar-refractivity contribution is 7.94. The predicted octanol–water partition coefficient (Wildman–Crippen LogP) is 3.94. The van der Waals surface area contributed by atoms with Gasteiger partial charge in [0, 0.05) is 37.1 Å². The van der Waals surface area contributed by atoms with Crippen LogP contribution in [0.5, 0.6) is 0 Å². The second-order valence-corrected chi connectivity index (χ2v) is 10.5. The zero-order valence-electron chi connectivity index (χ0n) is 16.7. The fourth-order valence-corrected chi connectivity index (χ4v) is 5.97. The minimum absolute atomic E-state index is 0.0564. The van der Waals surface area contributed by atoms with Crippen molar-refractivity contribution in [3.05, 3.63) is 60.5 Å². The number of pyridine rings is 1. The van der Waals surface area contributed by atoms with E-state index < -0.39 is 15.8 Å². The molecular formula is C21H23FN4O2S2. The largest absolute Gasteiger partial charge is 0.368 e. The third-order valence-electron chi connectivity index (χ3n) is 4.88. The van der Waals surface area contributed by atoms with E-state index >= 15 is 0 Å². The minimum Gasteiger partial charge on any atom is -0.368 e. The van der Waals surface area contributed by atoms with Crippen molar-refractivity contribution in [2.45, 2.75) is 30.1 Å². The van der Waals surface area contributed by atoms with Crippen LogP contribution in [0.15, 0.2) is 58.9 Å². The predicted molar refractivity (Wildman–Crippen MR) is 119 cm³/mol. The van der Waals surface area contributed by atoms with E-state index in [9.17, 15) is 12.8 Å². The van der Waals surface area contributed by atoms with E-state index in [1.807, 2.05) is 12.1 Å². The topological polar surface area (TPSA) is 74.3 Å². The molecule has 0 bridgehead atoms. The molecule has 0 spiro atoms. The van der Waals surface area contributed by atoms with E-state index in [4.69, 9.17) is 0 Å². The number of hydrogen-bond donors (Lipinski definition) is 2. The van der Waals surface area contributed by atoms with Gasteiger partial charge in [0.15, 0.2) is 0 Å². The summed E-state index contributed by atoms with van der Waals surface area (Å²) < 4.78 is 42.7. The highest BCUT2D eigenvalue weighted by Gasteiger charge is 2.24. The van der Waals surface area contributed by atoms with Crippen LogP contribution in [0.25, 0.3) is 10.6 Å². The number of benzene rings is 1. The van der Waals surface area contributed by atoms with Gasteiger partial charge in [-0.1, -0.05) is 6.07 Å². The molecule has 6 nitrogen and oxygen atoms in total. The van der Waals surface area contributed by atoms with Crippen molar-refractivity contribution in [1.29, 1.82) is 0 Å². The lowest BCUT2D eigenvalue weighted by Crippen LogP contribution is -2.54. The molecule has 3 aromatic rings. The standard InChI is InChI=1S/C21H23FN4O2S2/c1-14-12-26(13-15(2)24-14)16-6-7-17(22)19(11-16)25-30(27,28)21-9-8-20(29-21)18-5-3-4-10-23-18/h3-11,14-15,24-25H,12-13H2,1-2H3/t14-,15+. The number of rotatable bonds is 5. The molecule has 1 fully saturated rings. The number of hydrogen-bond acceptors (Lipinski definition) is 6. The Kier molecular flexibility index (Phi) is 5.77. The van der Waals surface area contributed by atoms with Gasteiger partial charge in [0.25, 0.3) is 10.0 Å². The lowest BCUT2D eigenvalue weighted by Gasteiger charge is -2.37. The Morgan fingerprint density at radius 1 is 1.13 bits per heavy atom. The Balaban J connectivity index is 1.58. The maximum atomic E-state index is 14.4. The SMILES string of the molecule is C[C@@H]1CN(c2ccc(F)c(NS(=O)(=O)c3ccc(-c4ccccn4)s3)c2)C[C@H](C)N1. The molecular weight excluding hydrogens is 423 g/mol. The number of sulfonamides is 1. The minimum atomic E-state index is -3.92. The van der Waals surface area contributed by atoms with Crippen LogP contribution in [0.4, 0.5) is 15.8 Å². The van der Waals surface area contributed by atoms with Gasteiger partial charge < -0.3 is 10.2 Å². The summed E-state index contributed by atoms with van der Waals surface area (Å²) in [5, 5.41) is 3.45. The maximum absolute atomic E-state index is 14.4. The second-order valence-electron chi connectivity index (χ2n) is 7.48. The number of piperazine rings is 1. The monoisotopic (exact) mass is 446 g/mol. The van der Waals surface area contributed by atoms with Crippen LogP contribution in [0.1, 0.15) is 13.8 Å². The van der Waals surface area contributed by atoms with Gasteiger partial charge in [0.2, 0.25) is 0 Å². The van der Waals surface area contributed by atoms with Gasteiger partial charge in [-0.15, -0.1) is 11.3 Å². The molecule has 1 aliphatic rings. The number of aromatic nitrogens is 1. The normalized spacial score (nSPS) is 19.6. The quantitative estimate of drug-likeness (QED) is 0.621. The fourth-order valence-electron chi connectivity index (χ4n) is 3.63. The molecule has 1 saturated heterocycles. The Morgan fingerprint density at radius 3 is 2.60 bits per heavy atom. The number of anilines is 2. The van der Waals surface area contributed by atoms with Crippen LogP contribution < -0.4 is 14.9 Å². The molecule has 2 N–H and O–H groups in total. The summed E-state index contributed by atoms with van der Waals surface area (Å²) in [5.74, 6) is -0.611. The number of thiophene rings is 1. The van der Waals surface area contributed by atoms with Crippen LogP contribution in [0, 0.1) is 5.82 Å². The molecule has 2 atom stereocenters. The maximum Gasteiger partial charge on any atom is 0.271 e. The Bertz CT molecular complexity index is 1120. The van der Waals surface area contributed by atoms with Crippen LogP contribution in [-0.4, -0.2) is 38.6 Å². The average molecular weight is 447 g/mol. The molecule has 2 aromatic heterocycles. The van der Waals surface area contributed by atoms with Crippen LogP contribution >= 0.6 is 11.3 Å². The van der Waals surface area contributed by atoms with Gasteiger partial charge in [-0.25, -0.2) is 12.8 Å². The summed E-state index contributed by atoms with van der Waals surface area (Å²) in [7, 11) is -3.92. The third-order valence-corrected chi connectivity index (χ3v) is 7.85. The summed E-state index contributed by atoms with van der Waals surface area (Å²) >= 11 is 1.10. The first-order valence-electron chi connectivity index (χ1n) is 9.66. The Hall–Kier alpha value is -2.49. The fraction of sp³-hybridized carbons (Fsp3) is 0.286. The highest BCUT2D eigenvalue weighted by atomic mass is 32.2. The summed E-state index contributed by atoms with van der Waals surface area (Å²) in [6.45, 7) is 5.71. The van der Waals surface area contributed by atoms with Crippen molar-refractivity contribution in [2.75, 3.05) is 22.7 Å². The highest BCUT2D eigenvalue weighted by Crippen LogP contribution is 2.32. The lowest BCUT2D eigenvalue weighted by molar-refractivity contribution is 0.407. The Labute approximate surface area is 179 Å². The van der Waals surface area contributed by atoms with Crippen LogP contribution in [-0.2, 0) is 10.0 Å². The van der Waals surface area contributed by atoms with Crippen molar-refractivity contribution in [1.82, 2.24) is 10.3 Å². The summed E-state index contributed by atoms with van der Waals surface area (Å²) in [6, 6.07) is 13.8. The molecule has 9 heteroatoms. The Morgan fingerprint density at radius 2 is 1.90 bits per heavy atom. The van der Waals surface area contributed by atoms with Gasteiger partial charge in [-0.3, -0.25) is 9.71 Å². The molecule has 158 valence electrons. The molecule has 4 rings (SSSR count). The third kappa shape index (κ3) is 4.48. The lowest BCUT2D eigenvalue weighted by atomic mass is 10.1. The summed E-state index contributed by atoms with van der Waals surface area (Å²) in [6.07, 6.45) is 1.65. The van der Waals surface area contributed by atoms with Crippen molar-refractivity contribution in [3.8, 4) is 10.6 Å². The van der Waals surface area contributed by atoms with Gasteiger partial charge in [0.05, 0.1) is 16.3 Å². The van der Waals surface area contributed by atoms with E-state index in [-0.39, 0.29) is 22.0 Å². The molecule has 1 aromatic carbocycles. The first-order valence-corrected chi connectivity index (χ1v) is 12.0. The van der Waals surface area contributed by atoms with E-state index in [2.05, 4.69) is 33.8 Å². The molecule has 0 aliphatic carbocycles. The smallest absolute Gasteiger partial charge is 0.271 e. The summed E-state index contributed by atoms with van der Waals surface area (Å²) in [4.78, 5) is 7.11. The molecule has 30 heavy (non-hydrogen) atoms. The van der Waals surface area contributed by atoms with E-state index in [0.29, 0.717) is 5.69 Å². The number of halogens is 1. The van der Waals surface area contributed by atoms with Crippen LogP contribution in [0.3, 0.4) is 0 Å². The van der Waals surface area contributed by atoms with Crippen LogP contribution in [0.2, 0.25) is 0 Å². The van der Waals surface area contributed by atoms with Gasteiger partial charge in [-0.05, 0) is 56.3 Å².